The molecule has 1 amide bonds. The van der Waals surface area contributed by atoms with Crippen LogP contribution in [-0.4, -0.2) is 63.9 Å². The molecule has 2 aromatic rings. The molecule has 8 nitrogen and oxygen atoms in total. The third kappa shape index (κ3) is 4.16. The normalized spacial score (nSPS) is 20.0. The highest BCUT2D eigenvalue weighted by atomic mass is 16.4. The van der Waals surface area contributed by atoms with Crippen molar-refractivity contribution in [2.75, 3.05) is 20.1 Å². The number of aromatic nitrogens is 2. The van der Waals surface area contributed by atoms with Crippen LogP contribution < -0.4 is 10.8 Å². The van der Waals surface area contributed by atoms with Crippen LogP contribution in [0, 0.1) is 5.92 Å². The largest absolute Gasteiger partial charge is 0.489 e. The van der Waals surface area contributed by atoms with Crippen molar-refractivity contribution >= 4 is 24.8 Å². The summed E-state index contributed by atoms with van der Waals surface area (Å²) in [6, 6.07) is 4.42. The third-order valence-electron chi connectivity index (χ3n) is 5.44. The number of carbonyl (C=O) groups is 2. The number of nitrogens with one attached hydrogen (secondary N) is 1. The van der Waals surface area contributed by atoms with Crippen molar-refractivity contribution in [2.45, 2.75) is 18.9 Å². The summed E-state index contributed by atoms with van der Waals surface area (Å²) in [5.41, 5.74) is 1.60. The first-order valence-corrected chi connectivity index (χ1v) is 9.32. The summed E-state index contributed by atoms with van der Waals surface area (Å²) >= 11 is 0. The lowest BCUT2D eigenvalue weighted by Crippen LogP contribution is -2.42. The first-order valence-electron chi connectivity index (χ1n) is 9.32. The maximum atomic E-state index is 12.6. The van der Waals surface area contributed by atoms with Crippen LogP contribution in [0.1, 0.15) is 45.3 Å². The fraction of sp³-hybridized carbons (Fsp3) is 0.421. The molecule has 28 heavy (non-hydrogen) atoms. The van der Waals surface area contributed by atoms with Gasteiger partial charge in [-0.05, 0) is 49.9 Å². The van der Waals surface area contributed by atoms with Crippen LogP contribution in [0.4, 0.5) is 0 Å². The van der Waals surface area contributed by atoms with E-state index in [0.717, 1.165) is 25.1 Å². The lowest BCUT2D eigenvalue weighted by atomic mass is 9.77. The molecule has 2 atom stereocenters. The summed E-state index contributed by atoms with van der Waals surface area (Å²) in [4.78, 5) is 30.3. The zero-order valence-corrected chi connectivity index (χ0v) is 16.1. The number of hydrogen-bond acceptors (Lipinski definition) is 6. The van der Waals surface area contributed by atoms with Crippen molar-refractivity contribution in [3.05, 3.63) is 47.5 Å². The van der Waals surface area contributed by atoms with Gasteiger partial charge in [-0.25, -0.2) is 4.98 Å². The lowest BCUT2D eigenvalue weighted by Gasteiger charge is -2.39. The Morgan fingerprint density at radius 1 is 1.39 bits per heavy atom. The van der Waals surface area contributed by atoms with Crippen LogP contribution in [0.3, 0.4) is 0 Å². The van der Waals surface area contributed by atoms with E-state index in [0.29, 0.717) is 18.4 Å². The molecular weight excluding hydrogens is 359 g/mol. The Morgan fingerprint density at radius 3 is 2.82 bits per heavy atom. The van der Waals surface area contributed by atoms with E-state index in [9.17, 15) is 19.6 Å². The number of rotatable bonds is 6. The van der Waals surface area contributed by atoms with E-state index < -0.39 is 7.12 Å². The second kappa shape index (κ2) is 8.68. The van der Waals surface area contributed by atoms with Crippen LogP contribution in [0.15, 0.2) is 30.7 Å². The summed E-state index contributed by atoms with van der Waals surface area (Å²) in [7, 11) is 2.30. The van der Waals surface area contributed by atoms with Crippen molar-refractivity contribution in [1.82, 2.24) is 19.8 Å². The number of hydrogen-bond donors (Lipinski definition) is 3. The van der Waals surface area contributed by atoms with Crippen LogP contribution in [0.2, 0.25) is 0 Å². The number of amides is 1. The van der Waals surface area contributed by atoms with Crippen molar-refractivity contribution in [1.29, 1.82) is 0 Å². The van der Waals surface area contributed by atoms with Crippen molar-refractivity contribution in [2.24, 2.45) is 13.0 Å². The predicted octanol–water partition coefficient (Wildman–Crippen LogP) is -0.275. The number of aryl methyl sites for hydroxylation is 1. The van der Waals surface area contributed by atoms with Gasteiger partial charge in [0.15, 0.2) is 0 Å². The monoisotopic (exact) mass is 384 g/mol. The zero-order chi connectivity index (χ0) is 20.3. The van der Waals surface area contributed by atoms with Crippen LogP contribution in [0.5, 0.6) is 0 Å². The Morgan fingerprint density at radius 2 is 2.18 bits per heavy atom. The van der Waals surface area contributed by atoms with Gasteiger partial charge in [0.2, 0.25) is 0 Å². The molecule has 9 heteroatoms. The Bertz CT molecular complexity index is 854. The lowest BCUT2D eigenvalue weighted by molar-refractivity contribution is 0.0882. The summed E-state index contributed by atoms with van der Waals surface area (Å²) in [5, 5.41) is 21.5. The van der Waals surface area contributed by atoms with Crippen LogP contribution in [0.25, 0.3) is 0 Å². The molecule has 0 radical (unpaired) electrons. The molecule has 3 rings (SSSR count). The number of likely N-dealkylation sites (tertiary alicyclic amines) is 1. The van der Waals surface area contributed by atoms with Gasteiger partial charge in [0, 0.05) is 30.9 Å². The summed E-state index contributed by atoms with van der Waals surface area (Å²) < 4.78 is 2.01. The van der Waals surface area contributed by atoms with Gasteiger partial charge in [-0.15, -0.1) is 0 Å². The van der Waals surface area contributed by atoms with Crippen LogP contribution in [-0.2, 0) is 7.05 Å². The molecule has 0 aliphatic carbocycles. The van der Waals surface area contributed by atoms with Gasteiger partial charge >= 0.3 is 7.12 Å². The molecule has 1 aromatic heterocycles. The Hall–Kier alpha value is -2.49. The summed E-state index contributed by atoms with van der Waals surface area (Å²) in [6.07, 6.45) is 6.22. The van der Waals surface area contributed by atoms with Gasteiger partial charge < -0.3 is 19.9 Å². The molecule has 0 spiro atoms. The summed E-state index contributed by atoms with van der Waals surface area (Å²) in [6.45, 7) is 1.49. The Labute approximate surface area is 164 Å². The quantitative estimate of drug-likeness (QED) is 0.467. The minimum atomic E-state index is -1.75. The van der Waals surface area contributed by atoms with Gasteiger partial charge in [0.1, 0.15) is 6.29 Å². The van der Waals surface area contributed by atoms with Gasteiger partial charge in [0.25, 0.3) is 5.91 Å². The first kappa shape index (κ1) is 20.3. The maximum absolute atomic E-state index is 12.6. The standard InChI is InChI=1S/C19H25BN4O4/c1-23-7-3-4-14(18(23)17-10-21-12-24(17)2)9-22-19(26)13-5-6-16(20(27)28)15(8-13)11-25/h5-6,8,10-12,14,18,27-28H,3-4,7,9H2,1-2H3,(H,22,26)/t14-,18+/m0/s1. The van der Waals surface area contributed by atoms with E-state index in [2.05, 4.69) is 22.2 Å². The third-order valence-corrected chi connectivity index (χ3v) is 5.44. The van der Waals surface area contributed by atoms with E-state index >= 15 is 0 Å². The number of benzene rings is 1. The zero-order valence-electron chi connectivity index (χ0n) is 16.1. The van der Waals surface area contributed by atoms with E-state index in [-0.39, 0.29) is 28.9 Å². The number of piperidine rings is 1. The molecule has 1 aliphatic heterocycles. The Kier molecular flexibility index (Phi) is 6.28. The van der Waals surface area contributed by atoms with Crippen molar-refractivity contribution in [3.63, 3.8) is 0 Å². The molecule has 2 heterocycles. The number of carbonyl (C=O) groups excluding carboxylic acids is 2. The number of aldehydes is 1. The summed E-state index contributed by atoms with van der Waals surface area (Å²) in [5.74, 6) is -0.0544. The molecule has 148 valence electrons. The molecule has 0 saturated carbocycles. The Balaban J connectivity index is 1.72. The maximum Gasteiger partial charge on any atom is 0.489 e. The molecule has 0 unspecified atom stereocenters. The van der Waals surface area contributed by atoms with Gasteiger partial charge in [-0.3, -0.25) is 14.5 Å². The van der Waals surface area contributed by atoms with Crippen molar-refractivity contribution < 1.29 is 19.6 Å². The van der Waals surface area contributed by atoms with E-state index in [4.69, 9.17) is 0 Å². The predicted molar refractivity (Wildman–Crippen MR) is 105 cm³/mol. The van der Waals surface area contributed by atoms with E-state index in [1.54, 1.807) is 6.33 Å². The number of nitrogens with zero attached hydrogens (tertiary/aromatic N) is 3. The molecule has 0 bridgehead atoms. The SMILES string of the molecule is CN1CCC[C@@H](CNC(=O)c2ccc(B(O)O)c(C=O)c2)[C@@H]1c1cncn1C. The van der Waals surface area contributed by atoms with Gasteiger partial charge in [0.05, 0.1) is 18.1 Å². The fourth-order valence-corrected chi connectivity index (χ4v) is 3.97. The average Bonchev–Trinajstić information content (AvgIpc) is 3.10. The topological polar surface area (TPSA) is 108 Å². The van der Waals surface area contributed by atoms with Crippen molar-refractivity contribution in [3.8, 4) is 0 Å². The molecule has 1 fully saturated rings. The van der Waals surface area contributed by atoms with Gasteiger partial charge in [-0.2, -0.15) is 0 Å². The van der Waals surface area contributed by atoms with Gasteiger partial charge in [-0.1, -0.05) is 6.07 Å². The minimum absolute atomic E-state index is 0.0803. The second-order valence-corrected chi connectivity index (χ2v) is 7.30. The average molecular weight is 384 g/mol. The molecular formula is C19H25BN4O4. The molecule has 1 saturated heterocycles. The smallest absolute Gasteiger partial charge is 0.423 e. The highest BCUT2D eigenvalue weighted by Crippen LogP contribution is 2.34. The fourth-order valence-electron chi connectivity index (χ4n) is 3.97. The highest BCUT2D eigenvalue weighted by molar-refractivity contribution is 6.60. The molecule has 1 aromatic carbocycles. The van der Waals surface area contributed by atoms with Crippen LogP contribution >= 0.6 is 0 Å². The second-order valence-electron chi connectivity index (χ2n) is 7.30. The van der Waals surface area contributed by atoms with E-state index in [1.165, 1.54) is 18.2 Å². The first-order chi connectivity index (χ1) is 13.4. The molecule has 3 N–H and O–H groups in total. The highest BCUT2D eigenvalue weighted by Gasteiger charge is 2.32. The number of imidazole rings is 1. The molecule has 1 aliphatic rings. The minimum Gasteiger partial charge on any atom is -0.423 e. The van der Waals surface area contributed by atoms with E-state index in [1.807, 2.05) is 17.8 Å².